The van der Waals surface area contributed by atoms with E-state index in [4.69, 9.17) is 37.6 Å². The normalized spacial score (nSPS) is 16.2. The fourth-order valence-electron chi connectivity index (χ4n) is 5.52. The number of aromatic nitrogens is 3. The van der Waals surface area contributed by atoms with E-state index < -0.39 is 5.63 Å². The predicted molar refractivity (Wildman–Crippen MR) is 190 cm³/mol. The second-order valence-electron chi connectivity index (χ2n) is 11.4. The molecule has 50 heavy (non-hydrogen) atoms. The van der Waals surface area contributed by atoms with Crippen LogP contribution in [0.3, 0.4) is 0 Å². The fourth-order valence-corrected chi connectivity index (χ4v) is 5.52. The number of hydrogen-bond acceptors (Lipinski definition) is 13. The molecule has 0 N–H and O–H groups in total. The molecular formula is C36H49N5O9. The van der Waals surface area contributed by atoms with E-state index in [1.807, 2.05) is 36.4 Å². The Labute approximate surface area is 292 Å². The fraction of sp³-hybridized carbons (Fsp3) is 0.528. The molecule has 1 fully saturated rings. The summed E-state index contributed by atoms with van der Waals surface area (Å²) in [5, 5.41) is 9.49. The highest BCUT2D eigenvalue weighted by molar-refractivity contribution is 5.84. The van der Waals surface area contributed by atoms with E-state index in [0.29, 0.717) is 121 Å². The van der Waals surface area contributed by atoms with Crippen molar-refractivity contribution in [3.8, 4) is 22.7 Å². The van der Waals surface area contributed by atoms with Crippen LogP contribution in [0.2, 0.25) is 0 Å². The number of nitrogens with zero attached hydrogens (tertiary/aromatic N) is 5. The summed E-state index contributed by atoms with van der Waals surface area (Å²) in [4.78, 5) is 17.5. The molecule has 0 bridgehead atoms. The Morgan fingerprint density at radius 2 is 1.42 bits per heavy atom. The number of rotatable bonds is 10. The van der Waals surface area contributed by atoms with Crippen molar-refractivity contribution < 1.29 is 37.6 Å². The quantitative estimate of drug-likeness (QED) is 0.176. The second-order valence-corrected chi connectivity index (χ2v) is 11.4. The van der Waals surface area contributed by atoms with Crippen molar-refractivity contribution in [1.29, 1.82) is 0 Å². The first-order valence-electron chi connectivity index (χ1n) is 17.3. The van der Waals surface area contributed by atoms with Crippen LogP contribution in [0, 0.1) is 0 Å². The van der Waals surface area contributed by atoms with Crippen molar-refractivity contribution in [3.63, 3.8) is 0 Å². The lowest BCUT2D eigenvalue weighted by atomic mass is 10.1. The molecule has 0 radical (unpaired) electrons. The Morgan fingerprint density at radius 1 is 0.780 bits per heavy atom. The number of ether oxygens (including phenoxy) is 7. The highest BCUT2D eigenvalue weighted by Crippen LogP contribution is 2.32. The topological polar surface area (TPSA) is 132 Å². The van der Waals surface area contributed by atoms with Gasteiger partial charge < -0.3 is 47.4 Å². The van der Waals surface area contributed by atoms with Crippen LogP contribution in [0.5, 0.6) is 5.75 Å². The minimum Gasteiger partial charge on any atom is -0.489 e. The number of methoxy groups -OCH3 is 1. The average Bonchev–Trinajstić information content (AvgIpc) is 3.62. The van der Waals surface area contributed by atoms with Gasteiger partial charge in [0.05, 0.1) is 95.8 Å². The molecule has 0 amide bonds. The van der Waals surface area contributed by atoms with Crippen LogP contribution < -0.4 is 20.2 Å². The first-order chi connectivity index (χ1) is 24.6. The first-order valence-corrected chi connectivity index (χ1v) is 17.3. The summed E-state index contributed by atoms with van der Waals surface area (Å²) in [5.74, 6) is 0.639. The van der Waals surface area contributed by atoms with Gasteiger partial charge in [0.2, 0.25) is 0 Å². The lowest BCUT2D eigenvalue weighted by Crippen LogP contribution is -2.32. The average molecular weight is 696 g/mol. The van der Waals surface area contributed by atoms with Crippen LogP contribution in [-0.2, 0) is 28.4 Å². The van der Waals surface area contributed by atoms with E-state index in [0.717, 1.165) is 29.9 Å². The molecule has 0 atom stereocenters. The molecule has 272 valence electrons. The van der Waals surface area contributed by atoms with Gasteiger partial charge in [-0.3, -0.25) is 0 Å². The Bertz CT molecular complexity index is 1640. The molecular weight excluding hydrogens is 646 g/mol. The van der Waals surface area contributed by atoms with Crippen molar-refractivity contribution in [2.24, 2.45) is 0 Å². The van der Waals surface area contributed by atoms with Gasteiger partial charge in [-0.15, -0.1) is 5.10 Å². The summed E-state index contributed by atoms with van der Waals surface area (Å²) < 4.78 is 47.3. The molecule has 0 saturated carbocycles. The number of benzene rings is 2. The van der Waals surface area contributed by atoms with Gasteiger partial charge in [-0.25, -0.2) is 9.48 Å². The standard InChI is InChI=1S/C36H49N5O9/c1-4-39(5-2)29-7-6-28-24-31(36(42)50-34(28)25-29)32-27-41(38-37-32)30-8-9-33(35(26-30)49-23-14-43-3)40-10-12-44-15-17-46-19-21-48-22-20-47-18-16-45-13-11-40/h6-9,24-27H,4-5,10-23H2,1-3H3. The third-order valence-corrected chi connectivity index (χ3v) is 8.21. The maximum atomic E-state index is 13.1. The minimum atomic E-state index is -0.476. The van der Waals surface area contributed by atoms with E-state index in [2.05, 4.69) is 34.0 Å². The van der Waals surface area contributed by atoms with Crippen LogP contribution in [-0.4, -0.2) is 128 Å². The summed E-state index contributed by atoms with van der Waals surface area (Å²) in [5.41, 5.74) is 3.38. The Kier molecular flexibility index (Phi) is 14.9. The van der Waals surface area contributed by atoms with E-state index >= 15 is 0 Å². The zero-order valence-electron chi connectivity index (χ0n) is 29.3. The molecule has 2 aromatic carbocycles. The Morgan fingerprint density at radius 3 is 2.04 bits per heavy atom. The molecule has 0 unspecified atom stereocenters. The second kappa shape index (κ2) is 20.0. The van der Waals surface area contributed by atoms with Crippen LogP contribution >= 0.6 is 0 Å². The molecule has 14 heteroatoms. The first kappa shape index (κ1) is 37.2. The number of hydrogen-bond donors (Lipinski definition) is 0. The van der Waals surface area contributed by atoms with Gasteiger partial charge in [0.1, 0.15) is 23.6 Å². The Hall–Kier alpha value is -4.05. The van der Waals surface area contributed by atoms with Gasteiger partial charge in [0.15, 0.2) is 0 Å². The van der Waals surface area contributed by atoms with Crippen LogP contribution in [0.15, 0.2) is 57.9 Å². The third-order valence-electron chi connectivity index (χ3n) is 8.21. The summed E-state index contributed by atoms with van der Waals surface area (Å²) in [6.45, 7) is 12.8. The molecule has 0 spiro atoms. The summed E-state index contributed by atoms with van der Waals surface area (Å²) in [7, 11) is 1.63. The lowest BCUT2D eigenvalue weighted by Gasteiger charge is -2.27. The van der Waals surface area contributed by atoms with Crippen molar-refractivity contribution >= 4 is 22.3 Å². The van der Waals surface area contributed by atoms with Gasteiger partial charge in [0, 0.05) is 56.5 Å². The molecule has 1 aliphatic rings. The highest BCUT2D eigenvalue weighted by atomic mass is 16.6. The molecule has 14 nitrogen and oxygen atoms in total. The molecule has 2 aromatic heterocycles. The summed E-state index contributed by atoms with van der Waals surface area (Å²) in [6.07, 6.45) is 1.71. The van der Waals surface area contributed by atoms with Crippen molar-refractivity contribution in [1.82, 2.24) is 15.0 Å². The highest BCUT2D eigenvalue weighted by Gasteiger charge is 2.18. The molecule has 3 heterocycles. The van der Waals surface area contributed by atoms with E-state index in [-0.39, 0.29) is 0 Å². The van der Waals surface area contributed by atoms with E-state index in [1.54, 1.807) is 24.1 Å². The van der Waals surface area contributed by atoms with Gasteiger partial charge >= 0.3 is 5.63 Å². The Balaban J connectivity index is 1.36. The lowest BCUT2D eigenvalue weighted by molar-refractivity contribution is -0.0116. The SMILES string of the molecule is CCN(CC)c1ccc2cc(-c3cn(-c4ccc(N5CCOCCOCCOCCOCCOCC5)c(OCCOC)c4)nn3)c(=O)oc2c1. The van der Waals surface area contributed by atoms with Crippen LogP contribution in [0.25, 0.3) is 27.9 Å². The van der Waals surface area contributed by atoms with E-state index in [1.165, 1.54) is 0 Å². The molecule has 1 saturated heterocycles. The van der Waals surface area contributed by atoms with Crippen molar-refractivity contribution in [2.75, 3.05) is 122 Å². The van der Waals surface area contributed by atoms with E-state index in [9.17, 15) is 4.79 Å². The summed E-state index contributed by atoms with van der Waals surface area (Å²) >= 11 is 0. The van der Waals surface area contributed by atoms with Crippen molar-refractivity contribution in [3.05, 3.63) is 59.1 Å². The number of fused-ring (bicyclic) bond motifs is 1. The zero-order chi connectivity index (χ0) is 35.0. The monoisotopic (exact) mass is 695 g/mol. The largest absolute Gasteiger partial charge is 0.489 e. The van der Waals surface area contributed by atoms with Crippen LogP contribution in [0.4, 0.5) is 11.4 Å². The molecule has 5 rings (SSSR count). The predicted octanol–water partition coefficient (Wildman–Crippen LogP) is 3.82. The van der Waals surface area contributed by atoms with Gasteiger partial charge in [-0.05, 0) is 44.2 Å². The molecule has 0 aliphatic carbocycles. The smallest absolute Gasteiger partial charge is 0.345 e. The number of anilines is 2. The minimum absolute atomic E-state index is 0.333. The summed E-state index contributed by atoms with van der Waals surface area (Å²) in [6, 6.07) is 13.5. The maximum absolute atomic E-state index is 13.1. The zero-order valence-corrected chi connectivity index (χ0v) is 29.3. The van der Waals surface area contributed by atoms with Crippen molar-refractivity contribution in [2.45, 2.75) is 13.8 Å². The van der Waals surface area contributed by atoms with Crippen LogP contribution in [0.1, 0.15) is 13.8 Å². The van der Waals surface area contributed by atoms with Gasteiger partial charge in [0.25, 0.3) is 0 Å². The maximum Gasteiger partial charge on any atom is 0.345 e. The molecule has 1 aliphatic heterocycles. The van der Waals surface area contributed by atoms with Gasteiger partial charge in [-0.2, -0.15) is 0 Å². The molecule has 4 aromatic rings. The third kappa shape index (κ3) is 10.5. The van der Waals surface area contributed by atoms with Gasteiger partial charge in [-0.1, -0.05) is 5.21 Å².